The summed E-state index contributed by atoms with van der Waals surface area (Å²) in [6, 6.07) is 7.86. The molecule has 0 saturated carbocycles. The van der Waals surface area contributed by atoms with E-state index in [-0.39, 0.29) is 0 Å². The van der Waals surface area contributed by atoms with E-state index in [2.05, 4.69) is 41.8 Å². The van der Waals surface area contributed by atoms with Gasteiger partial charge in [0.1, 0.15) is 5.75 Å². The molecule has 0 aliphatic carbocycles. The van der Waals surface area contributed by atoms with Gasteiger partial charge in [0, 0.05) is 25.2 Å². The number of rotatable bonds is 4. The van der Waals surface area contributed by atoms with E-state index in [4.69, 9.17) is 9.47 Å². The molecule has 0 aromatic heterocycles. The van der Waals surface area contributed by atoms with Gasteiger partial charge in [-0.15, -0.1) is 0 Å². The van der Waals surface area contributed by atoms with Crippen LogP contribution < -0.4 is 4.74 Å². The fraction of sp³-hybridized carbons (Fsp3) is 0.684. The first-order valence-corrected chi connectivity index (χ1v) is 8.86. The minimum absolute atomic E-state index is 0.574. The van der Waals surface area contributed by atoms with Gasteiger partial charge in [0.15, 0.2) is 0 Å². The van der Waals surface area contributed by atoms with E-state index in [1.54, 1.807) is 7.11 Å². The van der Waals surface area contributed by atoms with Crippen LogP contribution in [0.5, 0.6) is 5.75 Å². The first kappa shape index (κ1) is 16.7. The number of nitrogens with zero attached hydrogens (tertiary/aromatic N) is 2. The molecule has 0 N–H and O–H groups in total. The topological polar surface area (TPSA) is 24.9 Å². The minimum atomic E-state index is 0.574. The number of morpholine rings is 1. The molecule has 0 bridgehead atoms. The lowest BCUT2D eigenvalue weighted by Gasteiger charge is -2.43. The van der Waals surface area contributed by atoms with Gasteiger partial charge in [-0.2, -0.15) is 0 Å². The predicted molar refractivity (Wildman–Crippen MR) is 93.0 cm³/mol. The van der Waals surface area contributed by atoms with Crippen molar-refractivity contribution in [1.29, 1.82) is 0 Å². The summed E-state index contributed by atoms with van der Waals surface area (Å²) in [5.41, 5.74) is 2.61. The molecule has 2 fully saturated rings. The maximum Gasteiger partial charge on any atom is 0.121 e. The van der Waals surface area contributed by atoms with Gasteiger partial charge >= 0.3 is 0 Å². The Morgan fingerprint density at radius 3 is 2.65 bits per heavy atom. The summed E-state index contributed by atoms with van der Waals surface area (Å²) in [5, 5.41) is 0. The van der Waals surface area contributed by atoms with Gasteiger partial charge in [-0.1, -0.05) is 12.1 Å². The van der Waals surface area contributed by atoms with Crippen molar-refractivity contribution < 1.29 is 9.47 Å². The fourth-order valence-electron chi connectivity index (χ4n) is 3.99. The molecule has 4 nitrogen and oxygen atoms in total. The van der Waals surface area contributed by atoms with Crippen LogP contribution in [0.4, 0.5) is 0 Å². The third kappa shape index (κ3) is 4.06. The normalized spacial score (nSPS) is 24.7. The summed E-state index contributed by atoms with van der Waals surface area (Å²) >= 11 is 0. The Balaban J connectivity index is 1.52. The summed E-state index contributed by atoms with van der Waals surface area (Å²) in [5.74, 6) is 0.980. The lowest BCUT2D eigenvalue weighted by Crippen LogP contribution is -2.52. The molecule has 2 heterocycles. The predicted octanol–water partition coefficient (Wildman–Crippen LogP) is 2.69. The molecule has 1 aromatic carbocycles. The maximum absolute atomic E-state index is 5.57. The highest BCUT2D eigenvalue weighted by molar-refractivity contribution is 5.36. The molecule has 2 aliphatic rings. The Hall–Kier alpha value is -1.10. The Morgan fingerprint density at radius 2 is 2.00 bits per heavy atom. The Bertz CT molecular complexity index is 512. The SMILES string of the molecule is COc1ccc(CN2CCC(N3CCOCC3C)CC2)cc1C. The third-order valence-corrected chi connectivity index (χ3v) is 5.31. The number of benzene rings is 1. The Labute approximate surface area is 140 Å². The molecule has 1 aromatic rings. The molecular weight excluding hydrogens is 288 g/mol. The molecule has 0 amide bonds. The zero-order valence-corrected chi connectivity index (χ0v) is 14.8. The van der Waals surface area contributed by atoms with Crippen LogP contribution in [0, 0.1) is 6.92 Å². The van der Waals surface area contributed by atoms with E-state index < -0.39 is 0 Å². The van der Waals surface area contributed by atoms with E-state index in [1.807, 2.05) is 0 Å². The number of hydrogen-bond acceptors (Lipinski definition) is 4. The van der Waals surface area contributed by atoms with Gasteiger partial charge in [-0.3, -0.25) is 9.80 Å². The second-order valence-electron chi connectivity index (χ2n) is 6.97. The second kappa shape index (κ2) is 7.65. The van der Waals surface area contributed by atoms with Gasteiger partial charge < -0.3 is 9.47 Å². The number of methoxy groups -OCH3 is 1. The van der Waals surface area contributed by atoms with E-state index in [0.29, 0.717) is 6.04 Å². The van der Waals surface area contributed by atoms with Crippen molar-refractivity contribution in [2.45, 2.75) is 45.3 Å². The highest BCUT2D eigenvalue weighted by Gasteiger charge is 2.29. The first-order chi connectivity index (χ1) is 11.2. The van der Waals surface area contributed by atoms with Crippen molar-refractivity contribution in [3.8, 4) is 5.75 Å². The van der Waals surface area contributed by atoms with Crippen LogP contribution in [0.25, 0.3) is 0 Å². The lowest BCUT2D eigenvalue weighted by molar-refractivity contribution is -0.0354. The van der Waals surface area contributed by atoms with Gasteiger partial charge in [0.25, 0.3) is 0 Å². The third-order valence-electron chi connectivity index (χ3n) is 5.31. The smallest absolute Gasteiger partial charge is 0.121 e. The van der Waals surface area contributed by atoms with Crippen molar-refractivity contribution in [3.63, 3.8) is 0 Å². The summed E-state index contributed by atoms with van der Waals surface area (Å²) in [6.07, 6.45) is 2.55. The van der Waals surface area contributed by atoms with Crippen LogP contribution in [0.3, 0.4) is 0 Å². The van der Waals surface area contributed by atoms with Gasteiger partial charge in [-0.25, -0.2) is 0 Å². The molecule has 1 unspecified atom stereocenters. The number of likely N-dealkylation sites (tertiary alicyclic amines) is 1. The Morgan fingerprint density at radius 1 is 1.22 bits per heavy atom. The minimum Gasteiger partial charge on any atom is -0.496 e. The summed E-state index contributed by atoms with van der Waals surface area (Å²) in [4.78, 5) is 5.25. The first-order valence-electron chi connectivity index (χ1n) is 8.86. The fourth-order valence-corrected chi connectivity index (χ4v) is 3.99. The van der Waals surface area contributed by atoms with Crippen molar-refractivity contribution in [2.24, 2.45) is 0 Å². The monoisotopic (exact) mass is 318 g/mol. The average Bonchev–Trinajstić information content (AvgIpc) is 2.56. The van der Waals surface area contributed by atoms with Crippen molar-refractivity contribution in [3.05, 3.63) is 29.3 Å². The van der Waals surface area contributed by atoms with Crippen LogP contribution in [-0.4, -0.2) is 61.8 Å². The molecule has 3 rings (SSSR count). The number of ether oxygens (including phenoxy) is 2. The average molecular weight is 318 g/mol. The molecule has 1 atom stereocenters. The quantitative estimate of drug-likeness (QED) is 0.852. The zero-order valence-electron chi connectivity index (χ0n) is 14.8. The van der Waals surface area contributed by atoms with Crippen molar-refractivity contribution in [2.75, 3.05) is 40.0 Å². The second-order valence-corrected chi connectivity index (χ2v) is 6.97. The van der Waals surface area contributed by atoms with E-state index in [0.717, 1.165) is 38.1 Å². The summed E-state index contributed by atoms with van der Waals surface area (Å²) in [6.45, 7) is 10.8. The Kier molecular flexibility index (Phi) is 5.57. The summed E-state index contributed by atoms with van der Waals surface area (Å²) in [7, 11) is 1.74. The van der Waals surface area contributed by atoms with E-state index >= 15 is 0 Å². The summed E-state index contributed by atoms with van der Waals surface area (Å²) < 4.78 is 10.9. The molecule has 0 spiro atoms. The van der Waals surface area contributed by atoms with Crippen molar-refractivity contribution in [1.82, 2.24) is 9.80 Å². The number of piperidine rings is 1. The van der Waals surface area contributed by atoms with E-state index in [1.165, 1.54) is 37.1 Å². The van der Waals surface area contributed by atoms with Crippen LogP contribution in [0.1, 0.15) is 30.9 Å². The number of aryl methyl sites for hydroxylation is 1. The maximum atomic E-state index is 5.57. The molecular formula is C19H30N2O2. The molecule has 0 radical (unpaired) electrons. The number of hydrogen-bond donors (Lipinski definition) is 0. The molecule has 2 saturated heterocycles. The standard InChI is InChI=1S/C19H30N2O2/c1-15-12-17(4-5-19(15)22-3)13-20-8-6-18(7-9-20)21-10-11-23-14-16(21)2/h4-5,12,16,18H,6-11,13-14H2,1-3H3. The van der Waals surface area contributed by atoms with E-state index in [9.17, 15) is 0 Å². The molecule has 2 aliphatic heterocycles. The van der Waals surface area contributed by atoms with Gasteiger partial charge in [0.05, 0.1) is 20.3 Å². The van der Waals surface area contributed by atoms with Crippen LogP contribution in [-0.2, 0) is 11.3 Å². The lowest BCUT2D eigenvalue weighted by atomic mass is 10.00. The highest BCUT2D eigenvalue weighted by Crippen LogP contribution is 2.23. The van der Waals surface area contributed by atoms with Crippen LogP contribution in [0.15, 0.2) is 18.2 Å². The molecule has 4 heteroatoms. The largest absolute Gasteiger partial charge is 0.496 e. The zero-order chi connectivity index (χ0) is 16.2. The van der Waals surface area contributed by atoms with Crippen molar-refractivity contribution >= 4 is 0 Å². The van der Waals surface area contributed by atoms with Gasteiger partial charge in [-0.05, 0) is 57.0 Å². The molecule has 23 heavy (non-hydrogen) atoms. The highest BCUT2D eigenvalue weighted by atomic mass is 16.5. The van der Waals surface area contributed by atoms with Crippen LogP contribution >= 0.6 is 0 Å². The van der Waals surface area contributed by atoms with Gasteiger partial charge in [0.2, 0.25) is 0 Å². The molecule has 128 valence electrons. The van der Waals surface area contributed by atoms with Crippen LogP contribution in [0.2, 0.25) is 0 Å².